The van der Waals surface area contributed by atoms with E-state index >= 15 is 0 Å². The van der Waals surface area contributed by atoms with Crippen molar-refractivity contribution in [3.05, 3.63) is 24.0 Å². The standard InChI is InChI=1S/C36H60FN7O7/c1-28(13-17-47-19-21-49-23-25-51-26-24-50-22-20-48-18-16-45)44-14-11-30(12-15-44)39-35-41-34(38-29-7-5-3-4-6-8-29)42-36(43-35)40-31-9-10-33(46-2)32(37)27-31/h9-10,27-30,45H,3-8,11-26H2,1-2H3,(H3,38,39,40,41,42,43). The lowest BCUT2D eigenvalue weighted by Crippen LogP contribution is -2.44. The van der Waals surface area contributed by atoms with Gasteiger partial charge in [0.1, 0.15) is 0 Å². The maximum absolute atomic E-state index is 14.4. The Morgan fingerprint density at radius 3 is 1.76 bits per heavy atom. The number of benzene rings is 1. The Kier molecular flexibility index (Phi) is 19.5. The molecule has 15 heteroatoms. The predicted molar refractivity (Wildman–Crippen MR) is 195 cm³/mol. The largest absolute Gasteiger partial charge is 0.494 e. The third-order valence-electron chi connectivity index (χ3n) is 9.12. The molecule has 1 aromatic heterocycles. The van der Waals surface area contributed by atoms with Crippen LogP contribution in [0, 0.1) is 5.82 Å². The highest BCUT2D eigenvalue weighted by molar-refractivity contribution is 5.57. The van der Waals surface area contributed by atoms with Crippen molar-refractivity contribution in [1.29, 1.82) is 0 Å². The van der Waals surface area contributed by atoms with Crippen molar-refractivity contribution in [1.82, 2.24) is 19.9 Å². The van der Waals surface area contributed by atoms with E-state index in [0.717, 1.165) is 45.2 Å². The Hall–Kier alpha value is -2.92. The second-order valence-electron chi connectivity index (χ2n) is 13.0. The maximum Gasteiger partial charge on any atom is 0.233 e. The van der Waals surface area contributed by atoms with E-state index in [2.05, 4.69) is 37.7 Å². The normalized spacial score (nSPS) is 16.9. The minimum Gasteiger partial charge on any atom is -0.494 e. The number of halogens is 1. The summed E-state index contributed by atoms with van der Waals surface area (Å²) in [5, 5.41) is 18.9. The first-order chi connectivity index (χ1) is 25.0. The maximum atomic E-state index is 14.4. The van der Waals surface area contributed by atoms with E-state index in [4.69, 9.17) is 38.5 Å². The van der Waals surface area contributed by atoms with Crippen LogP contribution < -0.4 is 20.7 Å². The molecule has 2 heterocycles. The molecule has 14 nitrogen and oxygen atoms in total. The molecule has 2 aromatic rings. The van der Waals surface area contributed by atoms with Crippen molar-refractivity contribution >= 4 is 23.5 Å². The van der Waals surface area contributed by atoms with Gasteiger partial charge in [-0.25, -0.2) is 4.39 Å². The molecule has 1 unspecified atom stereocenters. The molecule has 4 N–H and O–H groups in total. The van der Waals surface area contributed by atoms with Gasteiger partial charge in [-0.1, -0.05) is 25.7 Å². The van der Waals surface area contributed by atoms with E-state index in [1.54, 1.807) is 12.1 Å². The highest BCUT2D eigenvalue weighted by Crippen LogP contribution is 2.25. The fraction of sp³-hybridized carbons (Fsp3) is 0.750. The molecule has 0 bridgehead atoms. The molecule has 0 spiro atoms. The number of rotatable bonds is 25. The number of aromatic nitrogens is 3. The van der Waals surface area contributed by atoms with Crippen LogP contribution in [-0.2, 0) is 23.7 Å². The van der Waals surface area contributed by atoms with Gasteiger partial charge < -0.3 is 54.4 Å². The smallest absolute Gasteiger partial charge is 0.233 e. The Balaban J connectivity index is 1.13. The zero-order valence-corrected chi connectivity index (χ0v) is 30.6. The highest BCUT2D eigenvalue weighted by atomic mass is 19.1. The zero-order valence-electron chi connectivity index (χ0n) is 30.6. The SMILES string of the molecule is COc1ccc(Nc2nc(NC3CCCCCC3)nc(NC3CCN(C(C)CCOCCOCCOCCOCCOCCO)CC3)n2)cc1F. The van der Waals surface area contributed by atoms with Crippen LogP contribution in [-0.4, -0.2) is 136 Å². The van der Waals surface area contributed by atoms with Gasteiger partial charge in [-0.05, 0) is 51.2 Å². The fourth-order valence-electron chi connectivity index (χ4n) is 6.19. The lowest BCUT2D eigenvalue weighted by Gasteiger charge is -2.36. The van der Waals surface area contributed by atoms with Crippen molar-refractivity contribution in [2.45, 2.75) is 82.8 Å². The van der Waals surface area contributed by atoms with Crippen LogP contribution in [0.5, 0.6) is 5.75 Å². The van der Waals surface area contributed by atoms with Gasteiger partial charge in [0.2, 0.25) is 17.8 Å². The van der Waals surface area contributed by atoms with Crippen molar-refractivity contribution in [2.24, 2.45) is 0 Å². The number of anilines is 4. The van der Waals surface area contributed by atoms with E-state index in [1.165, 1.54) is 38.9 Å². The highest BCUT2D eigenvalue weighted by Gasteiger charge is 2.24. The number of nitrogens with one attached hydrogen (secondary N) is 3. The van der Waals surface area contributed by atoms with Gasteiger partial charge in [0.15, 0.2) is 11.6 Å². The lowest BCUT2D eigenvalue weighted by molar-refractivity contribution is -0.0143. The van der Waals surface area contributed by atoms with Crippen LogP contribution in [0.1, 0.15) is 64.7 Å². The number of hydrogen-bond acceptors (Lipinski definition) is 14. The monoisotopic (exact) mass is 721 g/mol. The number of likely N-dealkylation sites (tertiary alicyclic amines) is 1. The summed E-state index contributed by atoms with van der Waals surface area (Å²) in [5.41, 5.74) is 0.534. The fourth-order valence-corrected chi connectivity index (χ4v) is 6.19. The summed E-state index contributed by atoms with van der Waals surface area (Å²) >= 11 is 0. The van der Waals surface area contributed by atoms with Crippen molar-refractivity contribution in [3.8, 4) is 5.75 Å². The summed E-state index contributed by atoms with van der Waals surface area (Å²) < 4.78 is 46.9. The van der Waals surface area contributed by atoms with Gasteiger partial charge in [0, 0.05) is 49.6 Å². The Morgan fingerprint density at radius 2 is 1.24 bits per heavy atom. The van der Waals surface area contributed by atoms with Crippen molar-refractivity contribution < 1.29 is 37.9 Å². The second kappa shape index (κ2) is 24.3. The summed E-state index contributed by atoms with van der Waals surface area (Å²) in [4.78, 5) is 16.6. The minimum absolute atomic E-state index is 0.0243. The van der Waals surface area contributed by atoms with Crippen molar-refractivity contribution in [2.75, 3.05) is 109 Å². The summed E-state index contributed by atoms with van der Waals surface area (Å²) in [6.07, 6.45) is 9.99. The molecule has 1 saturated heterocycles. The molecular weight excluding hydrogens is 661 g/mol. The van der Waals surface area contributed by atoms with Gasteiger partial charge >= 0.3 is 0 Å². The molecule has 0 radical (unpaired) electrons. The summed E-state index contributed by atoms with van der Waals surface area (Å²) in [7, 11) is 1.45. The molecular formula is C36H60FN7O7. The van der Waals surface area contributed by atoms with Gasteiger partial charge in [-0.2, -0.15) is 15.0 Å². The third-order valence-corrected chi connectivity index (χ3v) is 9.12. The van der Waals surface area contributed by atoms with Crippen LogP contribution in [0.4, 0.5) is 27.9 Å². The number of ether oxygens (including phenoxy) is 6. The molecule has 1 atom stereocenters. The lowest BCUT2D eigenvalue weighted by atomic mass is 10.0. The molecule has 4 rings (SSSR count). The molecule has 51 heavy (non-hydrogen) atoms. The first-order valence-corrected chi connectivity index (χ1v) is 18.7. The topological polar surface area (TPSA) is 154 Å². The van der Waals surface area contributed by atoms with Crippen LogP contribution >= 0.6 is 0 Å². The van der Waals surface area contributed by atoms with Gasteiger partial charge in [0.25, 0.3) is 0 Å². The van der Waals surface area contributed by atoms with Gasteiger partial charge in [0.05, 0.1) is 73.2 Å². The number of aliphatic hydroxyl groups is 1. The summed E-state index contributed by atoms with van der Waals surface area (Å²) in [6, 6.07) is 5.67. The van der Waals surface area contributed by atoms with Gasteiger partial charge in [-0.15, -0.1) is 0 Å². The molecule has 288 valence electrons. The van der Waals surface area contributed by atoms with Crippen molar-refractivity contribution in [3.63, 3.8) is 0 Å². The summed E-state index contributed by atoms with van der Waals surface area (Å²) in [5.74, 6) is 1.13. The molecule has 1 aliphatic carbocycles. The molecule has 0 amide bonds. The third kappa shape index (κ3) is 16.1. The first-order valence-electron chi connectivity index (χ1n) is 18.7. The van der Waals surface area contributed by atoms with Crippen LogP contribution in [0.15, 0.2) is 18.2 Å². The van der Waals surface area contributed by atoms with E-state index in [1.807, 2.05) is 0 Å². The molecule has 2 aliphatic rings. The van der Waals surface area contributed by atoms with Gasteiger partial charge in [-0.3, -0.25) is 0 Å². The molecule has 1 aliphatic heterocycles. The van der Waals surface area contributed by atoms with E-state index < -0.39 is 5.82 Å². The Bertz CT molecular complexity index is 1220. The van der Waals surface area contributed by atoms with E-state index in [0.29, 0.717) is 102 Å². The van der Waals surface area contributed by atoms with E-state index in [-0.39, 0.29) is 18.4 Å². The minimum atomic E-state index is -0.456. The second-order valence-corrected chi connectivity index (χ2v) is 13.0. The average Bonchev–Trinajstić information content (AvgIpc) is 3.40. The molecule has 1 aromatic carbocycles. The average molecular weight is 722 g/mol. The van der Waals surface area contributed by atoms with Crippen LogP contribution in [0.25, 0.3) is 0 Å². The number of aliphatic hydroxyl groups excluding tert-OH is 1. The van der Waals surface area contributed by atoms with Crippen LogP contribution in [0.3, 0.4) is 0 Å². The first kappa shape index (κ1) is 40.8. The Morgan fingerprint density at radius 1 is 0.725 bits per heavy atom. The van der Waals surface area contributed by atoms with Crippen LogP contribution in [0.2, 0.25) is 0 Å². The number of nitrogens with zero attached hydrogens (tertiary/aromatic N) is 4. The summed E-state index contributed by atoms with van der Waals surface area (Å²) in [6.45, 7) is 9.35. The Labute approximate surface area is 302 Å². The number of methoxy groups -OCH3 is 1. The molecule has 2 fully saturated rings. The predicted octanol–water partition coefficient (Wildman–Crippen LogP) is 4.63. The molecule has 1 saturated carbocycles. The number of piperidine rings is 1. The quantitative estimate of drug-likeness (QED) is 0.0833. The number of hydrogen-bond donors (Lipinski definition) is 4. The zero-order chi connectivity index (χ0) is 35.9. The van der Waals surface area contributed by atoms with E-state index in [9.17, 15) is 4.39 Å².